The largest absolute Gasteiger partial charge is 0.463 e. The highest BCUT2D eigenvalue weighted by Gasteiger charge is 2.37. The minimum atomic E-state index is -3.60. The molecule has 0 aliphatic carbocycles. The minimum Gasteiger partial charge on any atom is -0.463 e. The van der Waals surface area contributed by atoms with Crippen LogP contribution in [0.15, 0.2) is 4.42 Å². The van der Waals surface area contributed by atoms with E-state index in [2.05, 4.69) is 15.9 Å². The van der Waals surface area contributed by atoms with Gasteiger partial charge in [0.25, 0.3) is 0 Å². The van der Waals surface area contributed by atoms with E-state index in [0.29, 0.717) is 0 Å². The molecule has 174 valence electrons. The Morgan fingerprint density at radius 2 is 1.27 bits per heavy atom. The van der Waals surface area contributed by atoms with Gasteiger partial charge >= 0.3 is 21.2 Å². The lowest BCUT2D eigenvalue weighted by molar-refractivity contribution is 0.0523. The van der Waals surface area contributed by atoms with Crippen LogP contribution in [0.5, 0.6) is 0 Å². The fourth-order valence-electron chi connectivity index (χ4n) is 2.81. The van der Waals surface area contributed by atoms with Crippen molar-refractivity contribution in [2.45, 2.75) is 52.3 Å². The molecule has 1 aromatic heterocycles. The maximum atomic E-state index is 13.2. The molecule has 1 rings (SSSR count). The number of hydrogen-bond acceptors (Lipinski definition) is 9. The first-order valence-electron chi connectivity index (χ1n) is 9.85. The van der Waals surface area contributed by atoms with Gasteiger partial charge in [0.2, 0.25) is 0 Å². The van der Waals surface area contributed by atoms with Gasteiger partial charge in [-0.15, -0.1) is 0 Å². The van der Waals surface area contributed by atoms with Crippen molar-refractivity contribution in [3.63, 3.8) is 0 Å². The van der Waals surface area contributed by atoms with Crippen LogP contribution in [0.4, 0.5) is 0 Å². The number of esters is 1. The fraction of sp³-hybridized carbons (Fsp3) is 0.722. The lowest BCUT2D eigenvalue weighted by Crippen LogP contribution is -2.11. The quantitative estimate of drug-likeness (QED) is 0.155. The van der Waals surface area contributed by atoms with Crippen LogP contribution >= 0.6 is 31.1 Å². The lowest BCUT2D eigenvalue weighted by atomic mass is 10.1. The van der Waals surface area contributed by atoms with Crippen molar-refractivity contribution in [3.05, 3.63) is 22.6 Å². The molecule has 0 saturated heterocycles. The van der Waals surface area contributed by atoms with Crippen LogP contribution in [0, 0.1) is 0 Å². The van der Waals surface area contributed by atoms with Crippen LogP contribution in [-0.4, -0.2) is 39.0 Å². The summed E-state index contributed by atoms with van der Waals surface area (Å²) >= 11 is 3.29. The van der Waals surface area contributed by atoms with Gasteiger partial charge < -0.3 is 27.2 Å². The van der Waals surface area contributed by atoms with Crippen LogP contribution < -0.4 is 0 Å². The molecule has 0 spiro atoms. The van der Waals surface area contributed by atoms with E-state index in [1.54, 1.807) is 34.6 Å². The number of hydrogen-bond donors (Lipinski definition) is 0. The number of rotatable bonds is 15. The summed E-state index contributed by atoms with van der Waals surface area (Å²) < 4.78 is 58.8. The fourth-order valence-corrected chi connectivity index (χ4v) is 6.62. The zero-order valence-electron chi connectivity index (χ0n) is 18.1. The third kappa shape index (κ3) is 7.59. The smallest absolute Gasteiger partial charge is 0.342 e. The number of furan rings is 1. The molecule has 0 saturated carbocycles. The highest BCUT2D eigenvalue weighted by atomic mass is 79.9. The van der Waals surface area contributed by atoms with Crippen LogP contribution in [-0.2, 0) is 49.6 Å². The van der Waals surface area contributed by atoms with Crippen LogP contribution in [0.25, 0.3) is 0 Å². The molecule has 30 heavy (non-hydrogen) atoms. The maximum absolute atomic E-state index is 13.2. The van der Waals surface area contributed by atoms with Crippen molar-refractivity contribution in [2.75, 3.05) is 33.0 Å². The Morgan fingerprint density at radius 3 is 1.67 bits per heavy atom. The third-order valence-electron chi connectivity index (χ3n) is 3.76. The number of alkyl halides is 1. The van der Waals surface area contributed by atoms with Crippen LogP contribution in [0.3, 0.4) is 0 Å². The Bertz CT molecular complexity index is 758. The van der Waals surface area contributed by atoms with E-state index >= 15 is 0 Å². The van der Waals surface area contributed by atoms with Crippen molar-refractivity contribution in [2.24, 2.45) is 0 Å². The van der Waals surface area contributed by atoms with E-state index in [1.807, 2.05) is 0 Å². The Hall–Kier alpha value is -0.470. The molecule has 0 unspecified atom stereocenters. The second-order valence-corrected chi connectivity index (χ2v) is 10.5. The van der Waals surface area contributed by atoms with E-state index < -0.39 is 21.2 Å². The summed E-state index contributed by atoms with van der Waals surface area (Å²) in [5.74, 6) is -0.214. The molecule has 0 aliphatic rings. The molecule has 12 heteroatoms. The predicted octanol–water partition coefficient (Wildman–Crippen LogP) is 5.88. The lowest BCUT2D eigenvalue weighted by Gasteiger charge is -2.19. The average Bonchev–Trinajstić information content (AvgIpc) is 2.99. The highest BCUT2D eigenvalue weighted by Crippen LogP contribution is 2.56. The first-order valence-corrected chi connectivity index (χ1v) is 14.4. The molecule has 0 N–H and O–H groups in total. The van der Waals surface area contributed by atoms with Crippen molar-refractivity contribution < 1.29 is 41.2 Å². The van der Waals surface area contributed by atoms with Gasteiger partial charge in [0.05, 0.1) is 44.5 Å². The van der Waals surface area contributed by atoms with Crippen LogP contribution in [0.2, 0.25) is 0 Å². The highest BCUT2D eigenvalue weighted by molar-refractivity contribution is 9.08. The number of carbonyl (C=O) groups is 1. The maximum Gasteiger partial charge on any atom is 0.342 e. The van der Waals surface area contributed by atoms with Crippen molar-refractivity contribution in [3.8, 4) is 0 Å². The zero-order valence-corrected chi connectivity index (χ0v) is 21.5. The Balaban J connectivity index is 3.58. The number of ether oxygens (including phenoxy) is 1. The molecule has 0 fully saturated rings. The third-order valence-corrected chi connectivity index (χ3v) is 8.25. The van der Waals surface area contributed by atoms with Crippen molar-refractivity contribution in [1.29, 1.82) is 0 Å². The van der Waals surface area contributed by atoms with Gasteiger partial charge in [-0.3, -0.25) is 9.13 Å². The molecule has 0 amide bonds. The number of halogens is 1. The van der Waals surface area contributed by atoms with Gasteiger partial charge in [-0.1, -0.05) is 15.9 Å². The Kier molecular flexibility index (Phi) is 12.1. The van der Waals surface area contributed by atoms with Crippen molar-refractivity contribution in [1.82, 2.24) is 0 Å². The minimum absolute atomic E-state index is 0.114. The number of carbonyl (C=O) groups excluding carboxylic acids is 1. The molecular formula is C18H31BrO9P2. The Morgan fingerprint density at radius 1 is 0.800 bits per heavy atom. The molecule has 0 atom stereocenters. The molecule has 0 aromatic carbocycles. The standard InChI is InChI=1S/C18H31BrO9P2/c1-6-23-18(20)17-14(12-29(21,24-7-2)25-8-3)16(28-15(17)11-19)13-30(22,26-9-4)27-10-5/h6-13H2,1-5H3. The molecule has 0 bridgehead atoms. The second-order valence-electron chi connectivity index (χ2n) is 5.87. The summed E-state index contributed by atoms with van der Waals surface area (Å²) in [6.45, 7) is 9.23. The van der Waals surface area contributed by atoms with Crippen LogP contribution in [0.1, 0.15) is 62.1 Å². The zero-order chi connectivity index (χ0) is 22.8. The summed E-state index contributed by atoms with van der Waals surface area (Å²) in [5.41, 5.74) is 0.371. The molecule has 0 aliphatic heterocycles. The van der Waals surface area contributed by atoms with Crippen molar-refractivity contribution >= 4 is 37.1 Å². The van der Waals surface area contributed by atoms with Gasteiger partial charge in [0.1, 0.15) is 23.2 Å². The van der Waals surface area contributed by atoms with E-state index in [9.17, 15) is 13.9 Å². The predicted molar refractivity (Wildman–Crippen MR) is 116 cm³/mol. The molecule has 1 heterocycles. The molecule has 0 radical (unpaired) electrons. The summed E-state index contributed by atoms with van der Waals surface area (Å²) in [6, 6.07) is 0. The first kappa shape index (κ1) is 27.6. The van der Waals surface area contributed by atoms with E-state index in [0.717, 1.165) is 0 Å². The monoisotopic (exact) mass is 532 g/mol. The van der Waals surface area contributed by atoms with Gasteiger partial charge in [-0.2, -0.15) is 0 Å². The molecular weight excluding hydrogens is 502 g/mol. The summed E-state index contributed by atoms with van der Waals surface area (Å²) in [5, 5.41) is 0.190. The van der Waals surface area contributed by atoms with Gasteiger partial charge in [0.15, 0.2) is 0 Å². The van der Waals surface area contributed by atoms with Gasteiger partial charge in [-0.25, -0.2) is 4.79 Å². The second kappa shape index (κ2) is 13.2. The SMILES string of the molecule is CCOC(=O)c1c(CBr)oc(CP(=O)(OCC)OCC)c1CP(=O)(OCC)OCC. The first-order chi connectivity index (χ1) is 14.2. The molecule has 9 nitrogen and oxygen atoms in total. The normalized spacial score (nSPS) is 12.3. The average molecular weight is 533 g/mol. The topological polar surface area (TPSA) is 110 Å². The van der Waals surface area contributed by atoms with E-state index in [1.165, 1.54) is 0 Å². The Labute approximate surface area is 186 Å². The molecule has 1 aromatic rings. The van der Waals surface area contributed by atoms with Gasteiger partial charge in [0, 0.05) is 5.56 Å². The summed E-state index contributed by atoms with van der Waals surface area (Å²) in [4.78, 5) is 12.7. The summed E-state index contributed by atoms with van der Waals surface area (Å²) in [6.07, 6.45) is -0.478. The van der Waals surface area contributed by atoms with E-state index in [-0.39, 0.29) is 73.3 Å². The van der Waals surface area contributed by atoms with Gasteiger partial charge in [-0.05, 0) is 34.6 Å². The van der Waals surface area contributed by atoms with E-state index in [4.69, 9.17) is 27.2 Å². The summed E-state index contributed by atoms with van der Waals surface area (Å²) in [7, 11) is -7.16.